The van der Waals surface area contributed by atoms with Crippen LogP contribution >= 0.6 is 0 Å². The lowest BCUT2D eigenvalue weighted by molar-refractivity contribution is -0.246. The largest absolute Gasteiger partial charge is 0.465 e. The molecule has 1 unspecified atom stereocenters. The van der Waals surface area contributed by atoms with Gasteiger partial charge in [0.1, 0.15) is 0 Å². The number of fused-ring (bicyclic) bond motifs is 7. The van der Waals surface area contributed by atoms with Crippen molar-refractivity contribution in [3.63, 3.8) is 0 Å². The van der Waals surface area contributed by atoms with Crippen LogP contribution in [0.3, 0.4) is 0 Å². The van der Waals surface area contributed by atoms with Crippen LogP contribution in [0.5, 0.6) is 0 Å². The van der Waals surface area contributed by atoms with Crippen molar-refractivity contribution in [1.82, 2.24) is 0 Å². The van der Waals surface area contributed by atoms with E-state index in [0.29, 0.717) is 36.9 Å². The minimum Gasteiger partial charge on any atom is -0.465 e. The fraction of sp³-hybridized carbons (Fsp3) is 0.882. The highest BCUT2D eigenvalue weighted by atomic mass is 16.5. The van der Waals surface area contributed by atoms with Crippen LogP contribution in [-0.2, 0) is 19.1 Å². The van der Waals surface area contributed by atoms with E-state index in [4.69, 9.17) is 15.2 Å². The minimum atomic E-state index is -0.218. The highest BCUT2D eigenvalue weighted by Gasteiger charge is 2.71. The molecule has 5 aliphatic carbocycles. The van der Waals surface area contributed by atoms with Crippen LogP contribution in [0.15, 0.2) is 12.2 Å². The van der Waals surface area contributed by atoms with Gasteiger partial charge in [-0.25, -0.2) is 0 Å². The molecule has 6 heteroatoms. The maximum atomic E-state index is 11.9. The third-order valence-corrected chi connectivity index (χ3v) is 14.4. The summed E-state index contributed by atoms with van der Waals surface area (Å²) in [5, 5.41) is 10.2. The third-order valence-electron chi connectivity index (χ3n) is 14.4. The number of hydrogen-bond acceptors (Lipinski definition) is 6. The Labute approximate surface area is 242 Å². The summed E-state index contributed by atoms with van der Waals surface area (Å²) in [7, 11) is 0. The summed E-state index contributed by atoms with van der Waals surface area (Å²) in [5.74, 6) is 1.81. The quantitative estimate of drug-likeness (QED) is 0.305. The van der Waals surface area contributed by atoms with Crippen molar-refractivity contribution in [3.05, 3.63) is 12.2 Å². The predicted molar refractivity (Wildman–Crippen MR) is 156 cm³/mol. The Morgan fingerprint density at radius 3 is 2.15 bits per heavy atom. The number of ether oxygens (including phenoxy) is 2. The number of rotatable bonds is 6. The van der Waals surface area contributed by atoms with Gasteiger partial charge in [0.05, 0.1) is 19.8 Å². The van der Waals surface area contributed by atoms with Gasteiger partial charge in [0.2, 0.25) is 0 Å². The van der Waals surface area contributed by atoms with Gasteiger partial charge in [-0.3, -0.25) is 9.59 Å². The normalized spacial score (nSPS) is 49.6. The summed E-state index contributed by atoms with van der Waals surface area (Å²) in [5.41, 5.74) is 8.07. The van der Waals surface area contributed by atoms with E-state index < -0.39 is 0 Å². The molecule has 0 bridgehead atoms. The second-order valence-electron chi connectivity index (χ2n) is 15.7. The maximum Gasteiger partial charge on any atom is 0.302 e. The summed E-state index contributed by atoms with van der Waals surface area (Å²) in [4.78, 5) is 23.8. The van der Waals surface area contributed by atoms with Crippen LogP contribution in [0.25, 0.3) is 0 Å². The smallest absolute Gasteiger partial charge is 0.302 e. The van der Waals surface area contributed by atoms with E-state index in [1.54, 1.807) is 0 Å². The zero-order valence-corrected chi connectivity index (χ0v) is 26.0. The molecule has 0 amide bonds. The summed E-state index contributed by atoms with van der Waals surface area (Å²) in [6.07, 6.45) is 11.1. The van der Waals surface area contributed by atoms with Crippen LogP contribution in [0.2, 0.25) is 0 Å². The number of hydrogen-bond donors (Lipinski definition) is 2. The summed E-state index contributed by atoms with van der Waals surface area (Å²) >= 11 is 0. The van der Waals surface area contributed by atoms with E-state index in [1.807, 2.05) is 0 Å². The molecule has 0 radical (unpaired) electrons. The molecule has 6 nitrogen and oxygen atoms in total. The van der Waals surface area contributed by atoms with Gasteiger partial charge in [0, 0.05) is 30.7 Å². The Hall–Kier alpha value is -1.40. The second kappa shape index (κ2) is 10.1. The first-order valence-electron chi connectivity index (χ1n) is 16.0. The molecule has 40 heavy (non-hydrogen) atoms. The fourth-order valence-corrected chi connectivity index (χ4v) is 12.1. The first kappa shape index (κ1) is 30.1. The third kappa shape index (κ3) is 4.16. The van der Waals surface area contributed by atoms with E-state index in [1.165, 1.54) is 33.1 Å². The summed E-state index contributed by atoms with van der Waals surface area (Å²) in [6.45, 7) is 18.3. The number of esters is 2. The Morgan fingerprint density at radius 1 is 0.825 bits per heavy atom. The molecule has 0 aromatic rings. The predicted octanol–water partition coefficient (Wildman–Crippen LogP) is 6.05. The molecule has 5 fully saturated rings. The van der Waals surface area contributed by atoms with E-state index in [-0.39, 0.29) is 57.6 Å². The van der Waals surface area contributed by atoms with Crippen molar-refractivity contribution in [3.8, 4) is 0 Å². The van der Waals surface area contributed by atoms with E-state index in [9.17, 15) is 14.7 Å². The Morgan fingerprint density at radius 2 is 1.50 bits per heavy atom. The van der Waals surface area contributed by atoms with E-state index in [2.05, 4.69) is 34.3 Å². The SMILES string of the molecule is C=C(CO)[C@@H]1CC[C@]2(COC(C)=O)CC[C@]3(C)[C@H](CC[C@@H]4[C@@]5(C)CCC(N)[C@@](C)(COC(C)=O)[C@@H]5CC[C@]43C)[C@@H]12. The zero-order valence-electron chi connectivity index (χ0n) is 26.0. The molecule has 0 aliphatic heterocycles. The van der Waals surface area contributed by atoms with Gasteiger partial charge in [-0.05, 0) is 116 Å². The van der Waals surface area contributed by atoms with Crippen LogP contribution in [-0.4, -0.2) is 42.9 Å². The number of nitrogens with two attached hydrogens (primary N) is 1. The van der Waals surface area contributed by atoms with E-state index in [0.717, 1.165) is 50.5 Å². The lowest BCUT2D eigenvalue weighted by atomic mass is 9.32. The standard InChI is InChI=1S/C34H55NO5/c1-21(18-36)24-10-15-34(20-40-23(3)38)17-16-32(6)25(29(24)34)8-9-27-30(4)13-12-28(35)31(5,19-39-22(2)37)26(30)11-14-33(27,32)7/h24-29,36H,1,8-20,35H2,2-7H3/t24-,25+,26+,27+,28?,29+,30-,31-,32+,33+,34+/m0/s1. The molecular formula is C34H55NO5. The molecule has 226 valence electrons. The van der Waals surface area contributed by atoms with E-state index >= 15 is 0 Å². The maximum absolute atomic E-state index is 11.9. The number of carbonyl (C=O) groups excluding carboxylic acids is 2. The molecule has 0 aromatic heterocycles. The molecule has 3 N–H and O–H groups in total. The highest BCUT2D eigenvalue weighted by molar-refractivity contribution is 5.66. The van der Waals surface area contributed by atoms with Crippen molar-refractivity contribution < 1.29 is 24.2 Å². The van der Waals surface area contributed by atoms with Crippen LogP contribution in [0, 0.1) is 56.7 Å². The van der Waals surface area contributed by atoms with Gasteiger partial charge in [-0.1, -0.05) is 34.3 Å². The zero-order chi connectivity index (χ0) is 29.3. The molecule has 5 rings (SSSR count). The first-order valence-corrected chi connectivity index (χ1v) is 16.0. The molecule has 0 saturated heterocycles. The fourth-order valence-electron chi connectivity index (χ4n) is 12.1. The number of carbonyl (C=O) groups is 2. The highest BCUT2D eigenvalue weighted by Crippen LogP contribution is 2.77. The van der Waals surface area contributed by atoms with Gasteiger partial charge in [0.15, 0.2) is 0 Å². The molecule has 0 spiro atoms. The minimum absolute atomic E-state index is 0.0108. The van der Waals surface area contributed by atoms with Gasteiger partial charge < -0.3 is 20.3 Å². The number of aliphatic hydroxyl groups excluding tert-OH is 1. The van der Waals surface area contributed by atoms with Gasteiger partial charge >= 0.3 is 11.9 Å². The van der Waals surface area contributed by atoms with Gasteiger partial charge in [0.25, 0.3) is 0 Å². The van der Waals surface area contributed by atoms with Crippen molar-refractivity contribution in [1.29, 1.82) is 0 Å². The Bertz CT molecular complexity index is 1040. The molecule has 0 aromatic carbocycles. The summed E-state index contributed by atoms with van der Waals surface area (Å²) in [6, 6.07) is 0.0431. The number of aliphatic hydroxyl groups is 1. The summed E-state index contributed by atoms with van der Waals surface area (Å²) < 4.78 is 11.4. The van der Waals surface area contributed by atoms with Gasteiger partial charge in [-0.2, -0.15) is 0 Å². The average molecular weight is 558 g/mol. The lowest BCUT2D eigenvalue weighted by Crippen LogP contribution is -2.68. The van der Waals surface area contributed by atoms with Crippen molar-refractivity contribution in [2.24, 2.45) is 62.4 Å². The molecule has 5 aliphatic rings. The lowest BCUT2D eigenvalue weighted by Gasteiger charge is -2.73. The monoisotopic (exact) mass is 557 g/mol. The Balaban J connectivity index is 1.50. The molecule has 5 saturated carbocycles. The Kier molecular flexibility index (Phi) is 7.60. The van der Waals surface area contributed by atoms with Crippen molar-refractivity contribution in [2.45, 2.75) is 112 Å². The van der Waals surface area contributed by atoms with Crippen LogP contribution < -0.4 is 5.73 Å². The molecular weight excluding hydrogens is 502 g/mol. The first-order chi connectivity index (χ1) is 18.7. The molecule has 0 heterocycles. The average Bonchev–Trinajstić information content (AvgIpc) is 3.29. The van der Waals surface area contributed by atoms with Crippen molar-refractivity contribution >= 4 is 11.9 Å². The van der Waals surface area contributed by atoms with Crippen molar-refractivity contribution in [2.75, 3.05) is 19.8 Å². The molecule has 11 atom stereocenters. The second-order valence-corrected chi connectivity index (χ2v) is 15.7. The van der Waals surface area contributed by atoms with Crippen LogP contribution in [0.1, 0.15) is 106 Å². The topological polar surface area (TPSA) is 98.8 Å². The van der Waals surface area contributed by atoms with Crippen LogP contribution in [0.4, 0.5) is 0 Å². The van der Waals surface area contributed by atoms with Gasteiger partial charge in [-0.15, -0.1) is 0 Å².